The first-order valence-electron chi connectivity index (χ1n) is 6.75. The standard InChI is InChI=1S/C13H25N3O/c1-9(10-5-6-10)16(2)11-4-3-7-13(15,8-11)12(14)17/h9-11H,3-8,15H2,1-2H3,(H2,14,17). The van der Waals surface area contributed by atoms with E-state index in [1.54, 1.807) is 0 Å². The first-order valence-corrected chi connectivity index (χ1v) is 6.75. The molecule has 98 valence electrons. The number of nitrogens with zero attached hydrogens (tertiary/aromatic N) is 1. The van der Waals surface area contributed by atoms with Gasteiger partial charge in [0.2, 0.25) is 5.91 Å². The Hall–Kier alpha value is -0.610. The molecule has 0 heterocycles. The van der Waals surface area contributed by atoms with E-state index >= 15 is 0 Å². The minimum Gasteiger partial charge on any atom is -0.368 e. The van der Waals surface area contributed by atoms with Crippen LogP contribution in [0.4, 0.5) is 0 Å². The van der Waals surface area contributed by atoms with Crippen LogP contribution in [0.2, 0.25) is 0 Å². The molecule has 17 heavy (non-hydrogen) atoms. The summed E-state index contributed by atoms with van der Waals surface area (Å²) >= 11 is 0. The molecular weight excluding hydrogens is 214 g/mol. The second-order valence-corrected chi connectivity index (χ2v) is 6.01. The van der Waals surface area contributed by atoms with E-state index in [1.165, 1.54) is 12.8 Å². The summed E-state index contributed by atoms with van der Waals surface area (Å²) in [6.45, 7) is 2.29. The molecule has 0 aliphatic heterocycles. The van der Waals surface area contributed by atoms with Gasteiger partial charge in [-0.25, -0.2) is 0 Å². The highest BCUT2D eigenvalue weighted by Crippen LogP contribution is 2.38. The molecule has 2 aliphatic carbocycles. The lowest BCUT2D eigenvalue weighted by atomic mass is 9.78. The summed E-state index contributed by atoms with van der Waals surface area (Å²) < 4.78 is 0. The van der Waals surface area contributed by atoms with E-state index in [2.05, 4.69) is 18.9 Å². The first kappa shape index (κ1) is 12.8. The summed E-state index contributed by atoms with van der Waals surface area (Å²) in [6, 6.07) is 1.02. The van der Waals surface area contributed by atoms with Gasteiger partial charge in [-0.15, -0.1) is 0 Å². The predicted molar refractivity (Wildman–Crippen MR) is 68.3 cm³/mol. The molecular formula is C13H25N3O. The maximum Gasteiger partial charge on any atom is 0.237 e. The molecule has 0 aromatic heterocycles. The third kappa shape index (κ3) is 2.63. The molecule has 4 heteroatoms. The van der Waals surface area contributed by atoms with E-state index in [4.69, 9.17) is 11.5 Å². The average molecular weight is 239 g/mol. The topological polar surface area (TPSA) is 72.3 Å². The van der Waals surface area contributed by atoms with Crippen LogP contribution in [0.5, 0.6) is 0 Å². The van der Waals surface area contributed by atoms with Crippen LogP contribution in [0, 0.1) is 5.92 Å². The van der Waals surface area contributed by atoms with Crippen LogP contribution < -0.4 is 11.5 Å². The van der Waals surface area contributed by atoms with Crippen LogP contribution in [-0.4, -0.2) is 35.5 Å². The van der Waals surface area contributed by atoms with Crippen molar-refractivity contribution >= 4 is 5.91 Å². The van der Waals surface area contributed by atoms with Gasteiger partial charge in [-0.05, 0) is 58.4 Å². The Bertz CT molecular complexity index is 303. The minimum atomic E-state index is -0.777. The molecule has 3 atom stereocenters. The minimum absolute atomic E-state index is 0.338. The molecule has 0 bridgehead atoms. The Kier molecular flexibility index (Phi) is 3.46. The van der Waals surface area contributed by atoms with Crippen molar-refractivity contribution in [3.8, 4) is 0 Å². The Morgan fingerprint density at radius 3 is 2.59 bits per heavy atom. The van der Waals surface area contributed by atoms with Gasteiger partial charge in [-0.3, -0.25) is 4.79 Å². The van der Waals surface area contributed by atoms with E-state index in [-0.39, 0.29) is 5.91 Å². The van der Waals surface area contributed by atoms with E-state index in [0.29, 0.717) is 12.1 Å². The van der Waals surface area contributed by atoms with Gasteiger partial charge in [-0.1, -0.05) is 0 Å². The SMILES string of the molecule is CC(C1CC1)N(C)C1CCCC(N)(C(N)=O)C1. The summed E-state index contributed by atoms with van der Waals surface area (Å²) in [7, 11) is 2.17. The maximum atomic E-state index is 11.4. The van der Waals surface area contributed by atoms with Crippen LogP contribution in [0.3, 0.4) is 0 Å². The zero-order valence-electron chi connectivity index (χ0n) is 11.0. The normalized spacial score (nSPS) is 35.9. The number of hydrogen-bond donors (Lipinski definition) is 2. The van der Waals surface area contributed by atoms with E-state index < -0.39 is 5.54 Å². The van der Waals surface area contributed by atoms with Gasteiger partial charge >= 0.3 is 0 Å². The number of carbonyl (C=O) groups is 1. The van der Waals surface area contributed by atoms with E-state index in [0.717, 1.165) is 31.6 Å². The van der Waals surface area contributed by atoms with Gasteiger partial charge in [0.05, 0.1) is 5.54 Å². The fraction of sp³-hybridized carbons (Fsp3) is 0.923. The summed E-state index contributed by atoms with van der Waals surface area (Å²) in [6.07, 6.45) is 6.30. The van der Waals surface area contributed by atoms with Crippen molar-refractivity contribution in [1.29, 1.82) is 0 Å². The van der Waals surface area contributed by atoms with Gasteiger partial charge in [0, 0.05) is 12.1 Å². The van der Waals surface area contributed by atoms with E-state index in [1.807, 2.05) is 0 Å². The summed E-state index contributed by atoms with van der Waals surface area (Å²) in [5.41, 5.74) is 10.8. The molecule has 2 aliphatic rings. The average Bonchev–Trinajstić information content (AvgIpc) is 3.11. The lowest BCUT2D eigenvalue weighted by molar-refractivity contribution is -0.125. The van der Waals surface area contributed by atoms with Crippen molar-refractivity contribution < 1.29 is 4.79 Å². The number of rotatable bonds is 4. The molecule has 2 fully saturated rings. The Morgan fingerprint density at radius 1 is 1.41 bits per heavy atom. The monoisotopic (exact) mass is 239 g/mol. The maximum absolute atomic E-state index is 11.4. The molecule has 3 unspecified atom stereocenters. The van der Waals surface area contributed by atoms with Crippen molar-refractivity contribution in [3.63, 3.8) is 0 Å². The Balaban J connectivity index is 1.98. The highest BCUT2D eigenvalue weighted by atomic mass is 16.1. The van der Waals surface area contributed by atoms with E-state index in [9.17, 15) is 4.79 Å². The first-order chi connectivity index (χ1) is 7.94. The second kappa shape index (κ2) is 4.58. The predicted octanol–water partition coefficient (Wildman–Crippen LogP) is 0.842. The van der Waals surface area contributed by atoms with Crippen molar-refractivity contribution in [2.24, 2.45) is 17.4 Å². The van der Waals surface area contributed by atoms with Gasteiger partial charge in [0.15, 0.2) is 0 Å². The molecule has 2 saturated carbocycles. The number of primary amides is 1. The molecule has 0 spiro atoms. The molecule has 1 amide bonds. The molecule has 0 aromatic rings. The fourth-order valence-electron chi connectivity index (χ4n) is 3.09. The fourth-order valence-corrected chi connectivity index (χ4v) is 3.09. The quantitative estimate of drug-likeness (QED) is 0.763. The number of amides is 1. The molecule has 0 aromatic carbocycles. The van der Waals surface area contributed by atoms with Gasteiger partial charge in [0.25, 0.3) is 0 Å². The van der Waals surface area contributed by atoms with Crippen molar-refractivity contribution in [3.05, 3.63) is 0 Å². The molecule has 0 saturated heterocycles. The van der Waals surface area contributed by atoms with Gasteiger partial charge in [0.1, 0.15) is 0 Å². The zero-order chi connectivity index (χ0) is 12.6. The molecule has 4 nitrogen and oxygen atoms in total. The Morgan fingerprint density at radius 2 is 2.06 bits per heavy atom. The van der Waals surface area contributed by atoms with Crippen molar-refractivity contribution in [1.82, 2.24) is 4.90 Å². The molecule has 4 N–H and O–H groups in total. The molecule has 0 radical (unpaired) electrons. The Labute approximate surface area is 104 Å². The highest BCUT2D eigenvalue weighted by Gasteiger charge is 2.41. The second-order valence-electron chi connectivity index (χ2n) is 6.01. The smallest absolute Gasteiger partial charge is 0.237 e. The largest absolute Gasteiger partial charge is 0.368 e. The lowest BCUT2D eigenvalue weighted by Gasteiger charge is -2.42. The number of carbonyl (C=O) groups excluding carboxylic acids is 1. The summed E-state index contributed by atoms with van der Waals surface area (Å²) in [4.78, 5) is 13.9. The zero-order valence-corrected chi connectivity index (χ0v) is 11.0. The lowest BCUT2D eigenvalue weighted by Crippen LogP contribution is -2.58. The third-order valence-electron chi connectivity index (χ3n) is 4.77. The summed E-state index contributed by atoms with van der Waals surface area (Å²) in [5, 5.41) is 0. The summed E-state index contributed by atoms with van der Waals surface area (Å²) in [5.74, 6) is 0.511. The van der Waals surface area contributed by atoms with Gasteiger partial charge in [-0.2, -0.15) is 0 Å². The van der Waals surface area contributed by atoms with Crippen LogP contribution in [0.1, 0.15) is 45.4 Å². The molecule has 2 rings (SSSR count). The van der Waals surface area contributed by atoms with Crippen LogP contribution in [0.15, 0.2) is 0 Å². The highest BCUT2D eigenvalue weighted by molar-refractivity contribution is 5.84. The number of hydrogen-bond acceptors (Lipinski definition) is 3. The third-order valence-corrected chi connectivity index (χ3v) is 4.77. The van der Waals surface area contributed by atoms with Crippen molar-refractivity contribution in [2.75, 3.05) is 7.05 Å². The van der Waals surface area contributed by atoms with Crippen LogP contribution in [0.25, 0.3) is 0 Å². The van der Waals surface area contributed by atoms with Gasteiger partial charge < -0.3 is 16.4 Å². The van der Waals surface area contributed by atoms with Crippen molar-refractivity contribution in [2.45, 2.75) is 63.1 Å². The van der Waals surface area contributed by atoms with Crippen LogP contribution in [-0.2, 0) is 4.79 Å². The van der Waals surface area contributed by atoms with Crippen LogP contribution >= 0.6 is 0 Å². The number of nitrogens with two attached hydrogens (primary N) is 2.